The fourth-order valence-electron chi connectivity index (χ4n) is 1.94. The normalized spacial score (nSPS) is 14.7. The van der Waals surface area contributed by atoms with Crippen LogP contribution in [0.3, 0.4) is 0 Å². The minimum absolute atomic E-state index is 0.189. The summed E-state index contributed by atoms with van der Waals surface area (Å²) in [6.45, 7) is 3.25. The molecule has 9 heteroatoms. The second-order valence-corrected chi connectivity index (χ2v) is 5.59. The topological polar surface area (TPSA) is 63.8 Å². The molecule has 0 saturated carbocycles. The van der Waals surface area contributed by atoms with Crippen molar-refractivity contribution in [2.45, 2.75) is 45.0 Å². The van der Waals surface area contributed by atoms with E-state index >= 15 is 0 Å². The molecule has 1 unspecified atom stereocenters. The highest BCUT2D eigenvalue weighted by Gasteiger charge is 2.33. The molecule has 1 N–H and O–H groups in total. The smallest absolute Gasteiger partial charge is 0.390 e. The van der Waals surface area contributed by atoms with Crippen molar-refractivity contribution >= 4 is 0 Å². The number of aromatic nitrogens is 4. The average molecular weight is 332 g/mol. The lowest BCUT2D eigenvalue weighted by Gasteiger charge is -2.18. The summed E-state index contributed by atoms with van der Waals surface area (Å²) in [7, 11) is 0. The highest BCUT2D eigenvalue weighted by atomic mass is 19.4. The molecular weight excluding hydrogens is 316 g/mol. The zero-order valence-electron chi connectivity index (χ0n) is 12.6. The summed E-state index contributed by atoms with van der Waals surface area (Å²) >= 11 is 0. The number of nitrogens with zero attached hydrogens (tertiary/aromatic N) is 4. The molecule has 2 aromatic rings. The number of hydrogen-bond acceptors (Lipinski definition) is 4. The van der Waals surface area contributed by atoms with Crippen LogP contribution in [0.1, 0.15) is 37.2 Å². The zero-order valence-corrected chi connectivity index (χ0v) is 12.6. The molecule has 0 aliphatic rings. The van der Waals surface area contributed by atoms with Crippen LogP contribution in [0.5, 0.6) is 0 Å². The molecule has 0 spiro atoms. The number of alkyl halides is 3. The minimum atomic E-state index is -4.64. The van der Waals surface area contributed by atoms with Gasteiger partial charge in [-0.05, 0) is 19.4 Å². The van der Waals surface area contributed by atoms with E-state index in [0.29, 0.717) is 24.4 Å². The number of pyridine rings is 1. The molecule has 5 nitrogen and oxygen atoms in total. The van der Waals surface area contributed by atoms with E-state index in [0.717, 1.165) is 0 Å². The van der Waals surface area contributed by atoms with Crippen LogP contribution in [0.25, 0.3) is 0 Å². The van der Waals surface area contributed by atoms with Gasteiger partial charge in [0, 0.05) is 18.2 Å². The molecule has 126 valence electrons. The van der Waals surface area contributed by atoms with E-state index in [2.05, 4.69) is 15.3 Å². The predicted octanol–water partition coefficient (Wildman–Crippen LogP) is 2.58. The Balaban J connectivity index is 2.18. The van der Waals surface area contributed by atoms with Crippen molar-refractivity contribution in [1.29, 1.82) is 0 Å². The van der Waals surface area contributed by atoms with E-state index < -0.39 is 23.3 Å². The third kappa shape index (κ3) is 4.47. The third-order valence-electron chi connectivity index (χ3n) is 3.47. The van der Waals surface area contributed by atoms with Crippen LogP contribution in [0.15, 0.2) is 18.5 Å². The number of halogens is 4. The second kappa shape index (κ2) is 6.23. The van der Waals surface area contributed by atoms with E-state index in [-0.39, 0.29) is 18.5 Å². The van der Waals surface area contributed by atoms with Crippen molar-refractivity contribution in [3.63, 3.8) is 0 Å². The third-order valence-corrected chi connectivity index (χ3v) is 3.47. The Morgan fingerprint density at radius 2 is 2.00 bits per heavy atom. The molecule has 2 rings (SSSR count). The van der Waals surface area contributed by atoms with Crippen molar-refractivity contribution in [1.82, 2.24) is 20.0 Å². The maximum atomic E-state index is 13.6. The molecular formula is C14H16F4N4O. The van der Waals surface area contributed by atoms with Crippen molar-refractivity contribution in [2.75, 3.05) is 0 Å². The van der Waals surface area contributed by atoms with Crippen molar-refractivity contribution in [3.8, 4) is 0 Å². The Labute approximate surface area is 130 Å². The van der Waals surface area contributed by atoms with Gasteiger partial charge in [0.1, 0.15) is 11.5 Å². The first-order valence-corrected chi connectivity index (χ1v) is 6.94. The summed E-state index contributed by atoms with van der Waals surface area (Å²) in [5, 5.41) is 17.6. The van der Waals surface area contributed by atoms with Crippen LogP contribution in [-0.2, 0) is 19.1 Å². The second-order valence-electron chi connectivity index (χ2n) is 5.59. The Morgan fingerprint density at radius 1 is 1.30 bits per heavy atom. The summed E-state index contributed by atoms with van der Waals surface area (Å²) in [6, 6.07) is 0.652. The Morgan fingerprint density at radius 3 is 2.61 bits per heavy atom. The van der Waals surface area contributed by atoms with Gasteiger partial charge in [0.05, 0.1) is 24.0 Å². The Kier molecular flexibility index (Phi) is 4.69. The lowest BCUT2D eigenvalue weighted by Crippen LogP contribution is -2.25. The summed E-state index contributed by atoms with van der Waals surface area (Å²) in [5.74, 6) is -0.851. The molecule has 0 aliphatic carbocycles. The van der Waals surface area contributed by atoms with Crippen molar-refractivity contribution in [3.05, 3.63) is 41.2 Å². The van der Waals surface area contributed by atoms with Gasteiger partial charge in [-0.25, -0.2) is 14.1 Å². The Bertz CT molecular complexity index is 682. The van der Waals surface area contributed by atoms with Crippen LogP contribution >= 0.6 is 0 Å². The molecule has 1 atom stereocenters. The Hall–Kier alpha value is -2.03. The molecule has 0 fully saturated rings. The SMILES string of the molecule is CCC(C)(O)Cc1cn(Cc2cc(C(F)(F)F)ncc2F)nn1. The summed E-state index contributed by atoms with van der Waals surface area (Å²) < 4.78 is 52.7. The van der Waals surface area contributed by atoms with Gasteiger partial charge in [0.25, 0.3) is 0 Å². The van der Waals surface area contributed by atoms with E-state index in [1.807, 2.05) is 6.92 Å². The molecule has 0 aromatic carbocycles. The highest BCUT2D eigenvalue weighted by Crippen LogP contribution is 2.28. The molecule has 0 aliphatic heterocycles. The summed E-state index contributed by atoms with van der Waals surface area (Å²) in [4.78, 5) is 3.04. The predicted molar refractivity (Wildman–Crippen MR) is 72.9 cm³/mol. The lowest BCUT2D eigenvalue weighted by atomic mass is 9.98. The first-order valence-electron chi connectivity index (χ1n) is 6.94. The highest BCUT2D eigenvalue weighted by molar-refractivity contribution is 5.20. The number of hydrogen-bond donors (Lipinski definition) is 1. The number of rotatable bonds is 5. The van der Waals surface area contributed by atoms with E-state index in [1.165, 1.54) is 10.9 Å². The lowest BCUT2D eigenvalue weighted by molar-refractivity contribution is -0.141. The van der Waals surface area contributed by atoms with Crippen molar-refractivity contribution < 1.29 is 22.7 Å². The molecule has 0 radical (unpaired) electrons. The van der Waals surface area contributed by atoms with Gasteiger partial charge in [-0.15, -0.1) is 5.10 Å². The molecule has 0 saturated heterocycles. The molecule has 2 heterocycles. The fourth-order valence-corrected chi connectivity index (χ4v) is 1.94. The quantitative estimate of drug-likeness (QED) is 0.855. The van der Waals surface area contributed by atoms with Gasteiger partial charge in [-0.2, -0.15) is 13.2 Å². The zero-order chi connectivity index (χ0) is 17.3. The van der Waals surface area contributed by atoms with Gasteiger partial charge in [-0.1, -0.05) is 12.1 Å². The van der Waals surface area contributed by atoms with Gasteiger partial charge < -0.3 is 5.11 Å². The molecule has 2 aromatic heterocycles. The minimum Gasteiger partial charge on any atom is -0.390 e. The van der Waals surface area contributed by atoms with Crippen molar-refractivity contribution in [2.24, 2.45) is 0 Å². The largest absolute Gasteiger partial charge is 0.433 e. The van der Waals surface area contributed by atoms with Crippen LogP contribution in [0.2, 0.25) is 0 Å². The van der Waals surface area contributed by atoms with Gasteiger partial charge in [-0.3, -0.25) is 0 Å². The fraction of sp³-hybridized carbons (Fsp3) is 0.500. The monoisotopic (exact) mass is 332 g/mol. The van der Waals surface area contributed by atoms with Gasteiger partial charge in [0.2, 0.25) is 0 Å². The van der Waals surface area contributed by atoms with E-state index in [4.69, 9.17) is 0 Å². The molecule has 0 amide bonds. The first kappa shape index (κ1) is 17.3. The van der Waals surface area contributed by atoms with Crippen LogP contribution in [-0.4, -0.2) is 30.7 Å². The van der Waals surface area contributed by atoms with Crippen LogP contribution in [0.4, 0.5) is 17.6 Å². The van der Waals surface area contributed by atoms with Gasteiger partial charge in [0.15, 0.2) is 0 Å². The molecule has 0 bridgehead atoms. The van der Waals surface area contributed by atoms with E-state index in [1.54, 1.807) is 6.92 Å². The molecule has 23 heavy (non-hydrogen) atoms. The summed E-state index contributed by atoms with van der Waals surface area (Å²) in [5.41, 5.74) is -1.83. The van der Waals surface area contributed by atoms with Gasteiger partial charge >= 0.3 is 6.18 Å². The van der Waals surface area contributed by atoms with E-state index in [9.17, 15) is 22.7 Å². The average Bonchev–Trinajstić information content (AvgIpc) is 2.86. The summed E-state index contributed by atoms with van der Waals surface area (Å²) in [6.07, 6.45) is -1.88. The van der Waals surface area contributed by atoms with Crippen LogP contribution < -0.4 is 0 Å². The first-order chi connectivity index (χ1) is 10.6. The standard InChI is InChI=1S/C14H16F4N4O/c1-3-13(2,23)5-10-8-22(21-20-10)7-9-4-12(14(16,17)18)19-6-11(9)15/h4,6,8,23H,3,5,7H2,1-2H3. The number of aliphatic hydroxyl groups is 1. The maximum absolute atomic E-state index is 13.6. The van der Waals surface area contributed by atoms with Crippen LogP contribution in [0, 0.1) is 5.82 Å². The maximum Gasteiger partial charge on any atom is 0.433 e.